The number of hydrogen-bond acceptors (Lipinski definition) is 1. The highest BCUT2D eigenvalue weighted by atomic mass is 79.9. The lowest BCUT2D eigenvalue weighted by atomic mass is 10.1. The maximum absolute atomic E-state index is 12.4. The van der Waals surface area contributed by atoms with Crippen molar-refractivity contribution in [2.24, 2.45) is 5.92 Å². The summed E-state index contributed by atoms with van der Waals surface area (Å²) in [6, 6.07) is 0.941. The van der Waals surface area contributed by atoms with Crippen molar-refractivity contribution in [1.29, 1.82) is 0 Å². The van der Waals surface area contributed by atoms with Crippen LogP contribution in [-0.2, 0) is 12.6 Å². The van der Waals surface area contributed by atoms with Crippen LogP contribution in [0.25, 0.3) is 0 Å². The quantitative estimate of drug-likeness (QED) is 0.746. The minimum Gasteiger partial charge on any atom is -0.259 e. The van der Waals surface area contributed by atoms with Gasteiger partial charge in [-0.1, -0.05) is 27.5 Å². The normalized spacial score (nSPS) is 18.2. The second kappa shape index (κ2) is 4.76. The molecule has 0 aliphatic heterocycles. The summed E-state index contributed by atoms with van der Waals surface area (Å²) in [5.41, 5.74) is -0.280. The van der Waals surface area contributed by atoms with Gasteiger partial charge in [-0.3, -0.25) is 4.98 Å². The van der Waals surface area contributed by atoms with Gasteiger partial charge in [0.1, 0.15) is 0 Å². The molecule has 0 bridgehead atoms. The Labute approximate surface area is 111 Å². The number of halogens is 5. The second-order valence-corrected chi connectivity index (χ2v) is 5.79. The molecule has 1 aliphatic carbocycles. The van der Waals surface area contributed by atoms with Gasteiger partial charge in [0.15, 0.2) is 0 Å². The van der Waals surface area contributed by atoms with E-state index in [0.717, 1.165) is 25.1 Å². The van der Waals surface area contributed by atoms with Crippen LogP contribution in [0.15, 0.2) is 12.3 Å². The maximum atomic E-state index is 12.4. The van der Waals surface area contributed by atoms with Crippen molar-refractivity contribution in [3.63, 3.8) is 0 Å². The van der Waals surface area contributed by atoms with Crippen LogP contribution >= 0.6 is 27.5 Å². The first-order chi connectivity index (χ1) is 7.88. The van der Waals surface area contributed by atoms with Gasteiger partial charge in [0, 0.05) is 17.4 Å². The molecule has 0 radical (unpaired) electrons. The van der Waals surface area contributed by atoms with Crippen molar-refractivity contribution < 1.29 is 13.2 Å². The molecular weight excluding hydrogens is 318 g/mol. The molecule has 1 saturated carbocycles. The molecule has 0 spiro atoms. The molecule has 1 atom stereocenters. The van der Waals surface area contributed by atoms with Crippen LogP contribution in [0.3, 0.4) is 0 Å². The van der Waals surface area contributed by atoms with Crippen LogP contribution in [0.5, 0.6) is 0 Å². The van der Waals surface area contributed by atoms with E-state index in [1.54, 1.807) is 0 Å². The molecule has 1 aliphatic rings. The summed E-state index contributed by atoms with van der Waals surface area (Å²) >= 11 is 9.33. The van der Waals surface area contributed by atoms with Gasteiger partial charge in [0.2, 0.25) is 0 Å². The van der Waals surface area contributed by atoms with Crippen molar-refractivity contribution in [3.8, 4) is 0 Å². The molecule has 17 heavy (non-hydrogen) atoms. The van der Waals surface area contributed by atoms with Crippen LogP contribution in [0.1, 0.15) is 24.1 Å². The van der Waals surface area contributed by atoms with Crippen LogP contribution in [0, 0.1) is 5.92 Å². The Morgan fingerprint density at radius 1 is 1.47 bits per heavy atom. The zero-order chi connectivity index (χ0) is 12.6. The second-order valence-electron chi connectivity index (χ2n) is 4.21. The Kier molecular flexibility index (Phi) is 3.69. The predicted molar refractivity (Wildman–Crippen MR) is 63.4 cm³/mol. The van der Waals surface area contributed by atoms with E-state index in [2.05, 4.69) is 20.9 Å². The largest absolute Gasteiger partial charge is 0.417 e. The van der Waals surface area contributed by atoms with E-state index < -0.39 is 11.7 Å². The standard InChI is InChI=1S/C11H10BrClF3N/c12-8(6-1-2-6)4-10-9(13)3-7(5-17-10)11(14,15)16/h3,5-6,8H,1-2,4H2. The van der Waals surface area contributed by atoms with E-state index in [0.29, 0.717) is 18.0 Å². The molecule has 1 nitrogen and oxygen atoms in total. The van der Waals surface area contributed by atoms with E-state index >= 15 is 0 Å². The van der Waals surface area contributed by atoms with Gasteiger partial charge in [-0.15, -0.1) is 0 Å². The Bertz CT molecular complexity index is 418. The Morgan fingerprint density at radius 3 is 2.59 bits per heavy atom. The zero-order valence-electron chi connectivity index (χ0n) is 8.77. The SMILES string of the molecule is FC(F)(F)c1cnc(CC(Br)C2CC2)c(Cl)c1. The lowest BCUT2D eigenvalue weighted by Crippen LogP contribution is -2.10. The number of pyridine rings is 1. The molecule has 2 rings (SSSR count). The van der Waals surface area contributed by atoms with Crippen molar-refractivity contribution in [3.05, 3.63) is 28.5 Å². The number of rotatable bonds is 3. The van der Waals surface area contributed by atoms with Gasteiger partial charge >= 0.3 is 6.18 Å². The monoisotopic (exact) mass is 327 g/mol. The van der Waals surface area contributed by atoms with Gasteiger partial charge in [-0.05, 0) is 24.8 Å². The van der Waals surface area contributed by atoms with E-state index in [1.165, 1.54) is 0 Å². The highest BCUT2D eigenvalue weighted by molar-refractivity contribution is 9.09. The zero-order valence-corrected chi connectivity index (χ0v) is 11.1. The fourth-order valence-corrected chi connectivity index (χ4v) is 2.66. The van der Waals surface area contributed by atoms with E-state index in [9.17, 15) is 13.2 Å². The summed E-state index contributed by atoms with van der Waals surface area (Å²) in [6.07, 6.45) is -0.655. The number of hydrogen-bond donors (Lipinski definition) is 0. The average molecular weight is 329 g/mol. The number of alkyl halides is 4. The van der Waals surface area contributed by atoms with Gasteiger partial charge in [-0.25, -0.2) is 0 Å². The van der Waals surface area contributed by atoms with Crippen molar-refractivity contribution in [2.45, 2.75) is 30.3 Å². The molecule has 0 saturated heterocycles. The smallest absolute Gasteiger partial charge is 0.259 e. The molecule has 94 valence electrons. The van der Waals surface area contributed by atoms with Crippen LogP contribution in [-0.4, -0.2) is 9.81 Å². The third kappa shape index (κ3) is 3.35. The molecule has 0 N–H and O–H groups in total. The predicted octanol–water partition coefficient (Wildman–Crippen LogP) is 4.47. The van der Waals surface area contributed by atoms with Gasteiger partial charge in [0.05, 0.1) is 16.3 Å². The molecule has 1 aromatic rings. The molecule has 1 heterocycles. The molecule has 1 unspecified atom stereocenters. The summed E-state index contributed by atoms with van der Waals surface area (Å²) in [6.45, 7) is 0. The van der Waals surface area contributed by atoms with Crippen molar-refractivity contribution in [2.75, 3.05) is 0 Å². The van der Waals surface area contributed by atoms with Gasteiger partial charge in [-0.2, -0.15) is 13.2 Å². The van der Waals surface area contributed by atoms with E-state index in [4.69, 9.17) is 11.6 Å². The first kappa shape index (κ1) is 13.1. The highest BCUT2D eigenvalue weighted by Gasteiger charge is 2.33. The molecule has 1 fully saturated rings. The third-order valence-electron chi connectivity index (χ3n) is 2.77. The molecule has 0 aromatic carbocycles. The average Bonchev–Trinajstić information content (AvgIpc) is 3.02. The Hall–Kier alpha value is -0.290. The lowest BCUT2D eigenvalue weighted by Gasteiger charge is -2.11. The molecule has 0 amide bonds. The third-order valence-corrected chi connectivity index (χ3v) is 4.17. The first-order valence-electron chi connectivity index (χ1n) is 5.23. The Balaban J connectivity index is 2.13. The summed E-state index contributed by atoms with van der Waals surface area (Å²) in [4.78, 5) is 4.07. The van der Waals surface area contributed by atoms with Crippen LogP contribution in [0.4, 0.5) is 13.2 Å². The van der Waals surface area contributed by atoms with Crippen molar-refractivity contribution >= 4 is 27.5 Å². The van der Waals surface area contributed by atoms with E-state index in [1.807, 2.05) is 0 Å². The van der Waals surface area contributed by atoms with Gasteiger partial charge in [0.25, 0.3) is 0 Å². The first-order valence-corrected chi connectivity index (χ1v) is 6.53. The minimum atomic E-state index is -4.39. The fourth-order valence-electron chi connectivity index (χ4n) is 1.58. The highest BCUT2D eigenvalue weighted by Crippen LogP contribution is 2.39. The van der Waals surface area contributed by atoms with Crippen molar-refractivity contribution in [1.82, 2.24) is 4.98 Å². The molecule has 6 heteroatoms. The lowest BCUT2D eigenvalue weighted by molar-refractivity contribution is -0.137. The Morgan fingerprint density at radius 2 is 2.12 bits per heavy atom. The number of aromatic nitrogens is 1. The molecule has 1 aromatic heterocycles. The summed E-state index contributed by atoms with van der Waals surface area (Å²) in [5.74, 6) is 0.607. The van der Waals surface area contributed by atoms with Gasteiger partial charge < -0.3 is 0 Å². The molecular formula is C11H10BrClF3N. The maximum Gasteiger partial charge on any atom is 0.417 e. The minimum absolute atomic E-state index is 0.0879. The summed E-state index contributed by atoms with van der Waals surface area (Å²) in [7, 11) is 0. The number of nitrogens with zero attached hydrogens (tertiary/aromatic N) is 1. The van der Waals surface area contributed by atoms with Crippen LogP contribution < -0.4 is 0 Å². The topological polar surface area (TPSA) is 12.9 Å². The summed E-state index contributed by atoms with van der Waals surface area (Å²) < 4.78 is 37.2. The van der Waals surface area contributed by atoms with E-state index in [-0.39, 0.29) is 9.85 Å². The fraction of sp³-hybridized carbons (Fsp3) is 0.545. The summed E-state index contributed by atoms with van der Waals surface area (Å²) in [5, 5.41) is 0.0879. The van der Waals surface area contributed by atoms with Crippen LogP contribution in [0.2, 0.25) is 5.02 Å².